The van der Waals surface area contributed by atoms with Gasteiger partial charge in [0.1, 0.15) is 16.4 Å². The minimum Gasteiger partial charge on any atom is -0.497 e. The molecule has 1 aromatic carbocycles. The highest BCUT2D eigenvalue weighted by molar-refractivity contribution is 7.89. The molecule has 0 bridgehead atoms. The Hall–Kier alpha value is -1.88. The normalized spacial score (nSPS) is 24.0. The van der Waals surface area contributed by atoms with Gasteiger partial charge in [0.2, 0.25) is 15.9 Å². The topological polar surface area (TPSA) is 108 Å². The molecule has 1 aromatic rings. The maximum Gasteiger partial charge on any atom is 0.247 e. The molecule has 2 atom stereocenters. The monoisotopic (exact) mass is 399 g/mol. The second-order valence-electron chi connectivity index (χ2n) is 6.60. The molecule has 9 nitrogen and oxygen atoms in total. The molecular weight excluding hydrogens is 374 g/mol. The number of hydrogen-bond acceptors (Lipinski definition) is 7. The molecule has 150 valence electrons. The van der Waals surface area contributed by atoms with Gasteiger partial charge in [-0.05, 0) is 18.6 Å². The third-order valence-electron chi connectivity index (χ3n) is 4.94. The number of hydrogen-bond donors (Lipinski definition) is 2. The molecule has 2 aliphatic rings. The summed E-state index contributed by atoms with van der Waals surface area (Å²) in [5.74, 6) is 0.579. The number of aliphatic hydroxyl groups excluding tert-OH is 1. The van der Waals surface area contributed by atoms with E-state index in [1.165, 1.54) is 24.6 Å². The molecule has 10 heteroatoms. The van der Waals surface area contributed by atoms with Crippen molar-refractivity contribution in [2.75, 3.05) is 46.9 Å². The van der Waals surface area contributed by atoms with E-state index in [4.69, 9.17) is 9.47 Å². The first kappa shape index (κ1) is 19.9. The fraction of sp³-hybridized carbons (Fsp3) is 0.588. The van der Waals surface area contributed by atoms with Crippen LogP contribution >= 0.6 is 0 Å². The summed E-state index contributed by atoms with van der Waals surface area (Å²) in [5.41, 5.74) is 0. The Morgan fingerprint density at radius 3 is 2.44 bits per heavy atom. The van der Waals surface area contributed by atoms with Crippen molar-refractivity contribution in [3.8, 4) is 11.5 Å². The van der Waals surface area contributed by atoms with Gasteiger partial charge in [0.15, 0.2) is 0 Å². The third kappa shape index (κ3) is 4.03. The summed E-state index contributed by atoms with van der Waals surface area (Å²) >= 11 is 0. The van der Waals surface area contributed by atoms with Crippen molar-refractivity contribution in [1.82, 2.24) is 14.5 Å². The van der Waals surface area contributed by atoms with Gasteiger partial charge in [0.25, 0.3) is 0 Å². The lowest BCUT2D eigenvalue weighted by Crippen LogP contribution is -2.54. The fourth-order valence-electron chi connectivity index (χ4n) is 3.40. The summed E-state index contributed by atoms with van der Waals surface area (Å²) in [4.78, 5) is 14.2. The molecule has 27 heavy (non-hydrogen) atoms. The maximum absolute atomic E-state index is 13.1. The van der Waals surface area contributed by atoms with E-state index in [9.17, 15) is 18.3 Å². The molecule has 2 saturated heterocycles. The van der Waals surface area contributed by atoms with E-state index in [-0.39, 0.29) is 29.6 Å². The average Bonchev–Trinajstić information content (AvgIpc) is 3.13. The number of carbonyl (C=O) groups excluding carboxylic acids is 1. The number of amides is 1. The molecule has 2 heterocycles. The SMILES string of the molecule is COc1ccc(OC)c(S(=O)(=O)N2CCN(C(=O)C3CC(O)CN3)CC2)c1. The van der Waals surface area contributed by atoms with Gasteiger partial charge in [0, 0.05) is 38.8 Å². The largest absolute Gasteiger partial charge is 0.497 e. The zero-order valence-electron chi connectivity index (χ0n) is 15.4. The second-order valence-corrected chi connectivity index (χ2v) is 8.50. The van der Waals surface area contributed by atoms with Gasteiger partial charge < -0.3 is 24.8 Å². The predicted octanol–water partition coefficient (Wildman–Crippen LogP) is -0.740. The van der Waals surface area contributed by atoms with Crippen LogP contribution in [-0.4, -0.2) is 87.7 Å². The van der Waals surface area contributed by atoms with Crippen LogP contribution in [0.25, 0.3) is 0 Å². The molecule has 0 radical (unpaired) electrons. The summed E-state index contributed by atoms with van der Waals surface area (Å²) in [5, 5.41) is 12.6. The first-order chi connectivity index (χ1) is 12.9. The van der Waals surface area contributed by atoms with E-state index in [0.717, 1.165) is 0 Å². The fourth-order valence-corrected chi connectivity index (χ4v) is 4.99. The van der Waals surface area contributed by atoms with Gasteiger partial charge in [-0.25, -0.2) is 8.42 Å². The number of rotatable bonds is 5. The van der Waals surface area contributed by atoms with E-state index >= 15 is 0 Å². The number of ether oxygens (including phenoxy) is 2. The summed E-state index contributed by atoms with van der Waals surface area (Å²) in [7, 11) is -0.894. The number of sulfonamides is 1. The molecule has 2 fully saturated rings. The number of nitrogens with zero attached hydrogens (tertiary/aromatic N) is 2. The van der Waals surface area contributed by atoms with Crippen LogP contribution in [0.4, 0.5) is 0 Å². The lowest BCUT2D eigenvalue weighted by molar-refractivity contribution is -0.134. The molecule has 0 spiro atoms. The van der Waals surface area contributed by atoms with E-state index in [1.807, 2.05) is 0 Å². The molecule has 2 N–H and O–H groups in total. The Labute approximate surface area is 158 Å². The maximum atomic E-state index is 13.1. The number of aliphatic hydroxyl groups is 1. The van der Waals surface area contributed by atoms with Crippen molar-refractivity contribution in [2.45, 2.75) is 23.5 Å². The van der Waals surface area contributed by atoms with Gasteiger partial charge in [-0.1, -0.05) is 0 Å². The first-order valence-electron chi connectivity index (χ1n) is 8.79. The van der Waals surface area contributed by atoms with Gasteiger partial charge in [-0.3, -0.25) is 4.79 Å². The number of benzene rings is 1. The molecule has 3 rings (SSSR count). The zero-order chi connectivity index (χ0) is 19.6. The van der Waals surface area contributed by atoms with Crippen LogP contribution in [0, 0.1) is 0 Å². The van der Waals surface area contributed by atoms with Gasteiger partial charge in [0.05, 0.1) is 26.4 Å². The van der Waals surface area contributed by atoms with Crippen LogP contribution in [0.3, 0.4) is 0 Å². The van der Waals surface area contributed by atoms with Crippen molar-refractivity contribution in [3.05, 3.63) is 18.2 Å². The quantitative estimate of drug-likeness (QED) is 0.671. The molecule has 0 aliphatic carbocycles. The standard InChI is InChI=1S/C17H25N3O6S/c1-25-13-3-4-15(26-2)16(10-13)27(23,24)20-7-5-19(6-8-20)17(22)14-9-12(21)11-18-14/h3-4,10,12,14,18,21H,5-9,11H2,1-2H3. The lowest BCUT2D eigenvalue weighted by Gasteiger charge is -2.35. The molecule has 1 amide bonds. The van der Waals surface area contributed by atoms with Crippen molar-refractivity contribution in [3.63, 3.8) is 0 Å². The van der Waals surface area contributed by atoms with Crippen LogP contribution in [0.15, 0.2) is 23.1 Å². The number of piperazine rings is 1. The Kier molecular flexibility index (Phi) is 5.89. The summed E-state index contributed by atoms with van der Waals surface area (Å²) < 4.78 is 37.8. The van der Waals surface area contributed by atoms with E-state index in [0.29, 0.717) is 31.8 Å². The van der Waals surface area contributed by atoms with Crippen molar-refractivity contribution >= 4 is 15.9 Å². The molecule has 2 aliphatic heterocycles. The number of carbonyl (C=O) groups is 1. The highest BCUT2D eigenvalue weighted by Crippen LogP contribution is 2.31. The van der Waals surface area contributed by atoms with Gasteiger partial charge >= 0.3 is 0 Å². The lowest BCUT2D eigenvalue weighted by atomic mass is 10.1. The number of methoxy groups -OCH3 is 2. The Morgan fingerprint density at radius 1 is 1.19 bits per heavy atom. The van der Waals surface area contributed by atoms with Crippen LogP contribution in [0.1, 0.15) is 6.42 Å². The highest BCUT2D eigenvalue weighted by atomic mass is 32.2. The van der Waals surface area contributed by atoms with Crippen molar-refractivity contribution < 1.29 is 27.8 Å². The van der Waals surface area contributed by atoms with E-state index in [1.54, 1.807) is 17.0 Å². The minimum absolute atomic E-state index is 0.0460. The van der Waals surface area contributed by atoms with Gasteiger partial charge in [-0.2, -0.15) is 4.31 Å². The number of β-amino-alcohol motifs (C(OH)–C–C–N with tert-alkyl or cyclic N) is 1. The highest BCUT2D eigenvalue weighted by Gasteiger charge is 2.36. The second kappa shape index (κ2) is 8.01. The van der Waals surface area contributed by atoms with Crippen LogP contribution in [-0.2, 0) is 14.8 Å². The number of nitrogens with one attached hydrogen (secondary N) is 1. The third-order valence-corrected chi connectivity index (χ3v) is 6.86. The molecule has 0 saturated carbocycles. The molecular formula is C17H25N3O6S. The Balaban J connectivity index is 1.71. The first-order valence-corrected chi connectivity index (χ1v) is 10.2. The Morgan fingerprint density at radius 2 is 1.89 bits per heavy atom. The van der Waals surface area contributed by atoms with Gasteiger partial charge in [-0.15, -0.1) is 0 Å². The smallest absolute Gasteiger partial charge is 0.247 e. The van der Waals surface area contributed by atoms with Crippen molar-refractivity contribution in [1.29, 1.82) is 0 Å². The molecule has 0 aromatic heterocycles. The summed E-state index contributed by atoms with van der Waals surface area (Å²) in [6.07, 6.45) is -0.126. The van der Waals surface area contributed by atoms with E-state index in [2.05, 4.69) is 5.32 Å². The Bertz CT molecular complexity index is 792. The van der Waals surface area contributed by atoms with Crippen LogP contribution < -0.4 is 14.8 Å². The zero-order valence-corrected chi connectivity index (χ0v) is 16.2. The van der Waals surface area contributed by atoms with Crippen LogP contribution in [0.5, 0.6) is 11.5 Å². The minimum atomic E-state index is -3.78. The van der Waals surface area contributed by atoms with E-state index < -0.39 is 22.2 Å². The predicted molar refractivity (Wildman–Crippen MR) is 97.3 cm³/mol. The van der Waals surface area contributed by atoms with Crippen LogP contribution in [0.2, 0.25) is 0 Å². The van der Waals surface area contributed by atoms with Crippen molar-refractivity contribution in [2.24, 2.45) is 0 Å². The molecule has 2 unspecified atom stereocenters. The summed E-state index contributed by atoms with van der Waals surface area (Å²) in [6.45, 7) is 1.41. The average molecular weight is 399 g/mol. The summed E-state index contributed by atoms with van der Waals surface area (Å²) in [6, 6.07) is 4.23.